The number of hydrogen-bond donors (Lipinski definition) is 1. The van der Waals surface area contributed by atoms with Crippen LogP contribution in [0.3, 0.4) is 0 Å². The zero-order valence-corrected chi connectivity index (χ0v) is 10.3. The molecule has 0 fully saturated rings. The first-order chi connectivity index (χ1) is 6.46. The molecule has 0 heterocycles. The van der Waals surface area contributed by atoms with Crippen LogP contribution in [0.5, 0.6) is 0 Å². The van der Waals surface area contributed by atoms with Gasteiger partial charge in [-0.1, -0.05) is 12.1 Å². The average molecular weight is 260 g/mol. The van der Waals surface area contributed by atoms with Gasteiger partial charge in [0.2, 0.25) is 0 Å². The van der Waals surface area contributed by atoms with E-state index in [1.54, 1.807) is 6.07 Å². The Balaban J connectivity index is 2.92. The van der Waals surface area contributed by atoms with Crippen molar-refractivity contribution in [1.82, 2.24) is 5.32 Å². The Labute approximate surface area is 92.8 Å². The second-order valence-corrected chi connectivity index (χ2v) is 4.82. The van der Waals surface area contributed by atoms with Crippen molar-refractivity contribution < 1.29 is 4.39 Å². The summed E-state index contributed by atoms with van der Waals surface area (Å²) in [6, 6.07) is 5.13. The van der Waals surface area contributed by atoms with Gasteiger partial charge >= 0.3 is 0 Å². The van der Waals surface area contributed by atoms with Gasteiger partial charge in [-0.3, -0.25) is 0 Å². The second kappa shape index (κ2) is 4.41. The van der Waals surface area contributed by atoms with Crippen molar-refractivity contribution in [2.75, 3.05) is 7.05 Å². The fourth-order valence-electron chi connectivity index (χ4n) is 1.25. The van der Waals surface area contributed by atoms with Crippen LogP contribution in [-0.2, 0) is 6.42 Å². The molecular weight excluding hydrogens is 245 g/mol. The molecule has 78 valence electrons. The topological polar surface area (TPSA) is 12.0 Å². The molecule has 1 nitrogen and oxygen atoms in total. The summed E-state index contributed by atoms with van der Waals surface area (Å²) in [5.74, 6) is -0.200. The highest BCUT2D eigenvalue weighted by atomic mass is 79.9. The highest BCUT2D eigenvalue weighted by Crippen LogP contribution is 2.24. The van der Waals surface area contributed by atoms with Crippen LogP contribution in [-0.4, -0.2) is 12.6 Å². The monoisotopic (exact) mass is 259 g/mol. The fourth-order valence-corrected chi connectivity index (χ4v) is 1.65. The Morgan fingerprint density at radius 1 is 1.43 bits per heavy atom. The average Bonchev–Trinajstić information content (AvgIpc) is 2.13. The molecule has 0 amide bonds. The minimum Gasteiger partial charge on any atom is -0.314 e. The maximum absolute atomic E-state index is 13.2. The summed E-state index contributed by atoms with van der Waals surface area (Å²) in [6.45, 7) is 4.18. The minimum atomic E-state index is -0.200. The summed E-state index contributed by atoms with van der Waals surface area (Å²) in [5.41, 5.74) is 0.973. The lowest BCUT2D eigenvalue weighted by atomic mass is 9.95. The SMILES string of the molecule is CNC(C)(C)Cc1cccc(F)c1Br. The van der Waals surface area contributed by atoms with Gasteiger partial charge in [0, 0.05) is 5.54 Å². The number of benzene rings is 1. The van der Waals surface area contributed by atoms with Gasteiger partial charge in [0.25, 0.3) is 0 Å². The van der Waals surface area contributed by atoms with E-state index in [-0.39, 0.29) is 11.4 Å². The van der Waals surface area contributed by atoms with Crippen LogP contribution in [0.4, 0.5) is 4.39 Å². The predicted octanol–water partition coefficient (Wildman–Crippen LogP) is 3.13. The molecule has 0 saturated carbocycles. The normalized spacial score (nSPS) is 11.8. The Kier molecular flexibility index (Phi) is 3.67. The third-order valence-electron chi connectivity index (χ3n) is 2.34. The van der Waals surface area contributed by atoms with Gasteiger partial charge in [0.05, 0.1) is 4.47 Å². The molecule has 1 aromatic rings. The summed E-state index contributed by atoms with van der Waals surface area (Å²) in [6.07, 6.45) is 0.793. The molecule has 3 heteroatoms. The molecule has 0 radical (unpaired) electrons. The van der Waals surface area contributed by atoms with Crippen molar-refractivity contribution in [2.45, 2.75) is 25.8 Å². The van der Waals surface area contributed by atoms with Crippen molar-refractivity contribution in [3.05, 3.63) is 34.1 Å². The third kappa shape index (κ3) is 2.79. The van der Waals surface area contributed by atoms with Crippen molar-refractivity contribution in [1.29, 1.82) is 0 Å². The zero-order chi connectivity index (χ0) is 10.8. The van der Waals surface area contributed by atoms with Crippen LogP contribution >= 0.6 is 15.9 Å². The fraction of sp³-hybridized carbons (Fsp3) is 0.455. The molecule has 0 atom stereocenters. The molecule has 0 aliphatic carbocycles. The molecule has 1 aromatic carbocycles. The number of halogens is 2. The van der Waals surface area contributed by atoms with E-state index >= 15 is 0 Å². The first-order valence-electron chi connectivity index (χ1n) is 4.58. The predicted molar refractivity (Wildman–Crippen MR) is 60.9 cm³/mol. The van der Waals surface area contributed by atoms with Gasteiger partial charge in [-0.05, 0) is 54.9 Å². The standard InChI is InChI=1S/C11H15BrFN/c1-11(2,14-3)7-8-5-4-6-9(13)10(8)12/h4-6,14H,7H2,1-3H3. The zero-order valence-electron chi connectivity index (χ0n) is 8.70. The van der Waals surface area contributed by atoms with Gasteiger partial charge in [-0.2, -0.15) is 0 Å². The smallest absolute Gasteiger partial charge is 0.137 e. The summed E-state index contributed by atoms with van der Waals surface area (Å²) >= 11 is 3.26. The van der Waals surface area contributed by atoms with E-state index in [1.165, 1.54) is 6.07 Å². The van der Waals surface area contributed by atoms with Crippen LogP contribution in [0, 0.1) is 5.82 Å². The molecule has 0 bridgehead atoms. The van der Waals surface area contributed by atoms with Crippen LogP contribution in [0.15, 0.2) is 22.7 Å². The van der Waals surface area contributed by atoms with E-state index < -0.39 is 0 Å². The van der Waals surface area contributed by atoms with Crippen LogP contribution in [0.1, 0.15) is 19.4 Å². The molecule has 1 N–H and O–H groups in total. The van der Waals surface area contributed by atoms with Crippen molar-refractivity contribution >= 4 is 15.9 Å². The first-order valence-corrected chi connectivity index (χ1v) is 5.37. The van der Waals surface area contributed by atoms with E-state index in [2.05, 4.69) is 35.1 Å². The lowest BCUT2D eigenvalue weighted by molar-refractivity contribution is 0.420. The third-order valence-corrected chi connectivity index (χ3v) is 3.23. The molecule has 1 rings (SSSR count). The van der Waals surface area contributed by atoms with Crippen LogP contribution in [0.25, 0.3) is 0 Å². The molecule has 0 aliphatic heterocycles. The van der Waals surface area contributed by atoms with Crippen LogP contribution < -0.4 is 5.32 Å². The summed E-state index contributed by atoms with van der Waals surface area (Å²) in [4.78, 5) is 0. The molecule has 0 aliphatic rings. The maximum atomic E-state index is 13.2. The summed E-state index contributed by atoms with van der Waals surface area (Å²) in [7, 11) is 1.91. The van der Waals surface area contributed by atoms with Gasteiger partial charge in [-0.15, -0.1) is 0 Å². The number of rotatable bonds is 3. The van der Waals surface area contributed by atoms with Crippen molar-refractivity contribution in [3.63, 3.8) is 0 Å². The highest BCUT2D eigenvalue weighted by molar-refractivity contribution is 9.10. The molecule has 0 saturated heterocycles. The van der Waals surface area contributed by atoms with Gasteiger partial charge in [0.1, 0.15) is 5.82 Å². The lowest BCUT2D eigenvalue weighted by Crippen LogP contribution is -2.38. The van der Waals surface area contributed by atoms with Crippen molar-refractivity contribution in [3.8, 4) is 0 Å². The summed E-state index contributed by atoms with van der Waals surface area (Å²) < 4.78 is 13.8. The Bertz CT molecular complexity index is 323. The van der Waals surface area contributed by atoms with E-state index in [9.17, 15) is 4.39 Å². The van der Waals surface area contributed by atoms with Gasteiger partial charge in [-0.25, -0.2) is 4.39 Å². The molecular formula is C11H15BrFN. The highest BCUT2D eigenvalue weighted by Gasteiger charge is 2.17. The number of hydrogen-bond acceptors (Lipinski definition) is 1. The number of nitrogens with one attached hydrogen (secondary N) is 1. The quantitative estimate of drug-likeness (QED) is 0.880. The van der Waals surface area contributed by atoms with E-state index in [0.717, 1.165) is 12.0 Å². The van der Waals surface area contributed by atoms with Crippen molar-refractivity contribution in [2.24, 2.45) is 0 Å². The Morgan fingerprint density at radius 2 is 2.07 bits per heavy atom. The maximum Gasteiger partial charge on any atom is 0.137 e. The number of likely N-dealkylation sites (N-methyl/N-ethyl adjacent to an activating group) is 1. The minimum absolute atomic E-state index is 0.0175. The van der Waals surface area contributed by atoms with Gasteiger partial charge in [0.15, 0.2) is 0 Å². The Hall–Kier alpha value is -0.410. The first kappa shape index (κ1) is 11.7. The molecule has 14 heavy (non-hydrogen) atoms. The van der Waals surface area contributed by atoms with Gasteiger partial charge < -0.3 is 5.32 Å². The molecule has 0 aromatic heterocycles. The molecule has 0 unspecified atom stereocenters. The molecule has 0 spiro atoms. The summed E-state index contributed by atoms with van der Waals surface area (Å²) in [5, 5.41) is 3.19. The van der Waals surface area contributed by atoms with E-state index in [0.29, 0.717) is 4.47 Å². The lowest BCUT2D eigenvalue weighted by Gasteiger charge is -2.24. The second-order valence-electron chi connectivity index (χ2n) is 4.02. The van der Waals surface area contributed by atoms with E-state index in [1.807, 2.05) is 13.1 Å². The van der Waals surface area contributed by atoms with E-state index in [4.69, 9.17) is 0 Å². The largest absolute Gasteiger partial charge is 0.314 e. The van der Waals surface area contributed by atoms with Crippen LogP contribution in [0.2, 0.25) is 0 Å². The Morgan fingerprint density at radius 3 is 2.64 bits per heavy atom.